The highest BCUT2D eigenvalue weighted by molar-refractivity contribution is 4.98. The van der Waals surface area contributed by atoms with Crippen LogP contribution < -0.4 is 0 Å². The molecule has 0 aromatic rings. The summed E-state index contributed by atoms with van der Waals surface area (Å²) in [5, 5.41) is 10.3. The zero-order valence-electron chi connectivity index (χ0n) is 12.1. The van der Waals surface area contributed by atoms with Gasteiger partial charge in [-0.1, -0.05) is 20.8 Å². The van der Waals surface area contributed by atoms with E-state index >= 15 is 0 Å². The summed E-state index contributed by atoms with van der Waals surface area (Å²) in [5.74, 6) is 0. The predicted molar refractivity (Wildman–Crippen MR) is 69.6 cm³/mol. The van der Waals surface area contributed by atoms with E-state index in [2.05, 4.69) is 46.4 Å². The second kappa shape index (κ2) is 3.99. The highest BCUT2D eigenvalue weighted by atomic mass is 16.3. The number of rotatable bonds is 0. The lowest BCUT2D eigenvalue weighted by molar-refractivity contribution is -0.0910. The van der Waals surface area contributed by atoms with E-state index in [4.69, 9.17) is 0 Å². The summed E-state index contributed by atoms with van der Waals surface area (Å²) in [6, 6.07) is 0.455. The first kappa shape index (κ1) is 14.0. The lowest BCUT2D eigenvalue weighted by Crippen LogP contribution is -2.60. The Morgan fingerprint density at radius 1 is 1.12 bits per heavy atom. The Kier molecular flexibility index (Phi) is 3.49. The van der Waals surface area contributed by atoms with Gasteiger partial charge in [-0.25, -0.2) is 0 Å². The molecule has 0 spiro atoms. The van der Waals surface area contributed by atoms with E-state index < -0.39 is 5.60 Å². The van der Waals surface area contributed by atoms with Gasteiger partial charge in [0.1, 0.15) is 0 Å². The molecule has 0 aromatic carbocycles. The molecular weight excluding hydrogens is 198 g/mol. The van der Waals surface area contributed by atoms with E-state index in [0.717, 1.165) is 19.4 Å². The number of piperidine rings is 1. The Hall–Kier alpha value is -0.0800. The quantitative estimate of drug-likeness (QED) is 0.687. The zero-order valence-corrected chi connectivity index (χ0v) is 12.1. The molecular formula is C14H29NO. The molecule has 1 fully saturated rings. The van der Waals surface area contributed by atoms with Gasteiger partial charge in [-0.15, -0.1) is 0 Å². The minimum absolute atomic E-state index is 0.189. The van der Waals surface area contributed by atoms with Gasteiger partial charge in [-0.2, -0.15) is 0 Å². The monoisotopic (exact) mass is 227 g/mol. The van der Waals surface area contributed by atoms with Gasteiger partial charge in [0.15, 0.2) is 0 Å². The largest absolute Gasteiger partial charge is 0.390 e. The van der Waals surface area contributed by atoms with Crippen LogP contribution in [0.5, 0.6) is 0 Å². The third-order valence-corrected chi connectivity index (χ3v) is 3.76. The molecule has 0 aromatic heterocycles. The number of likely N-dealkylation sites (tertiary alicyclic amines) is 1. The summed E-state index contributed by atoms with van der Waals surface area (Å²) in [4.78, 5) is 2.56. The van der Waals surface area contributed by atoms with Crippen molar-refractivity contribution in [1.29, 1.82) is 0 Å². The lowest BCUT2D eigenvalue weighted by atomic mass is 9.74. The topological polar surface area (TPSA) is 23.5 Å². The third-order valence-electron chi connectivity index (χ3n) is 3.76. The summed E-state index contributed by atoms with van der Waals surface area (Å²) in [5.41, 5.74) is -0.0775. The second-order valence-electron chi connectivity index (χ2n) is 7.70. The Morgan fingerprint density at radius 3 is 2.00 bits per heavy atom. The average molecular weight is 227 g/mol. The van der Waals surface area contributed by atoms with Crippen LogP contribution in [0.15, 0.2) is 0 Å². The van der Waals surface area contributed by atoms with E-state index in [9.17, 15) is 5.11 Å². The molecule has 0 amide bonds. The van der Waals surface area contributed by atoms with Crippen LogP contribution in [-0.4, -0.2) is 33.7 Å². The van der Waals surface area contributed by atoms with Gasteiger partial charge in [-0.05, 0) is 46.0 Å². The van der Waals surface area contributed by atoms with Crippen LogP contribution in [0.1, 0.15) is 61.3 Å². The van der Waals surface area contributed by atoms with Crippen LogP contribution in [0.2, 0.25) is 0 Å². The van der Waals surface area contributed by atoms with Gasteiger partial charge < -0.3 is 5.11 Å². The van der Waals surface area contributed by atoms with E-state index in [0.29, 0.717) is 6.04 Å². The van der Waals surface area contributed by atoms with Crippen LogP contribution in [0.4, 0.5) is 0 Å². The van der Waals surface area contributed by atoms with Gasteiger partial charge in [-0.3, -0.25) is 4.90 Å². The molecule has 1 aliphatic heterocycles. The predicted octanol–water partition coefficient (Wildman–Crippen LogP) is 3.05. The molecule has 0 aliphatic carbocycles. The van der Waals surface area contributed by atoms with Crippen molar-refractivity contribution in [2.45, 2.75) is 78.5 Å². The van der Waals surface area contributed by atoms with E-state index in [1.807, 2.05) is 6.92 Å². The summed E-state index contributed by atoms with van der Waals surface area (Å²) in [7, 11) is 0. The van der Waals surface area contributed by atoms with Crippen molar-refractivity contribution >= 4 is 0 Å². The van der Waals surface area contributed by atoms with Gasteiger partial charge in [0.25, 0.3) is 0 Å². The zero-order chi connectivity index (χ0) is 12.8. The smallest absolute Gasteiger partial charge is 0.0647 e. The number of hydrogen-bond donors (Lipinski definition) is 1. The standard InChI is InChI=1S/C14H29NO/c1-12(2,3)11-10-14(7,16)8-9-15(11)13(4,5)6/h11,16H,8-10H2,1-7H3. The fourth-order valence-electron chi connectivity index (χ4n) is 2.72. The average Bonchev–Trinajstić information content (AvgIpc) is 1.97. The fraction of sp³-hybridized carbons (Fsp3) is 1.00. The maximum Gasteiger partial charge on any atom is 0.0647 e. The van der Waals surface area contributed by atoms with Gasteiger partial charge in [0, 0.05) is 18.1 Å². The third kappa shape index (κ3) is 3.21. The van der Waals surface area contributed by atoms with E-state index in [1.165, 1.54) is 0 Å². The summed E-state index contributed by atoms with van der Waals surface area (Å²) < 4.78 is 0. The first-order valence-electron chi connectivity index (χ1n) is 6.43. The van der Waals surface area contributed by atoms with Crippen molar-refractivity contribution in [1.82, 2.24) is 4.90 Å². The van der Waals surface area contributed by atoms with Gasteiger partial charge in [0.05, 0.1) is 5.60 Å². The molecule has 0 saturated carbocycles. The summed E-state index contributed by atoms with van der Waals surface area (Å²) in [6.07, 6.45) is 1.77. The Labute approximate surface area is 101 Å². The molecule has 1 aliphatic rings. The molecule has 1 saturated heterocycles. The van der Waals surface area contributed by atoms with Crippen molar-refractivity contribution in [2.75, 3.05) is 6.54 Å². The van der Waals surface area contributed by atoms with Crippen LogP contribution in [0.25, 0.3) is 0 Å². The van der Waals surface area contributed by atoms with Crippen LogP contribution >= 0.6 is 0 Å². The minimum Gasteiger partial charge on any atom is -0.390 e. The molecule has 2 atom stereocenters. The maximum absolute atomic E-state index is 10.3. The molecule has 0 bridgehead atoms. The van der Waals surface area contributed by atoms with Crippen LogP contribution in [0.3, 0.4) is 0 Å². The number of nitrogens with zero attached hydrogens (tertiary/aromatic N) is 1. The number of hydrogen-bond acceptors (Lipinski definition) is 2. The second-order valence-corrected chi connectivity index (χ2v) is 7.70. The van der Waals surface area contributed by atoms with Gasteiger partial charge >= 0.3 is 0 Å². The van der Waals surface area contributed by atoms with E-state index in [1.54, 1.807) is 0 Å². The molecule has 2 nitrogen and oxygen atoms in total. The molecule has 1 N–H and O–H groups in total. The fourth-order valence-corrected chi connectivity index (χ4v) is 2.72. The Morgan fingerprint density at radius 2 is 1.62 bits per heavy atom. The highest BCUT2D eigenvalue weighted by Gasteiger charge is 2.43. The van der Waals surface area contributed by atoms with Crippen molar-refractivity contribution < 1.29 is 5.11 Å². The first-order chi connectivity index (χ1) is 6.93. The molecule has 2 unspecified atom stereocenters. The highest BCUT2D eigenvalue weighted by Crippen LogP contribution is 2.39. The lowest BCUT2D eigenvalue weighted by Gasteiger charge is -2.53. The summed E-state index contributed by atoms with van der Waals surface area (Å²) >= 11 is 0. The molecule has 1 heterocycles. The minimum atomic E-state index is -0.486. The molecule has 2 heteroatoms. The number of aliphatic hydroxyl groups is 1. The van der Waals surface area contributed by atoms with Crippen LogP contribution in [-0.2, 0) is 0 Å². The SMILES string of the molecule is CC1(O)CCN(C(C)(C)C)C(C(C)(C)C)C1. The molecule has 16 heavy (non-hydrogen) atoms. The van der Waals surface area contributed by atoms with E-state index in [-0.39, 0.29) is 11.0 Å². The van der Waals surface area contributed by atoms with Gasteiger partial charge in [0.2, 0.25) is 0 Å². The Balaban J connectivity index is 2.94. The molecule has 96 valence electrons. The van der Waals surface area contributed by atoms with Crippen molar-refractivity contribution in [3.63, 3.8) is 0 Å². The molecule has 1 rings (SSSR count). The van der Waals surface area contributed by atoms with Crippen molar-refractivity contribution in [2.24, 2.45) is 5.41 Å². The maximum atomic E-state index is 10.3. The van der Waals surface area contributed by atoms with Crippen molar-refractivity contribution in [3.8, 4) is 0 Å². The Bertz CT molecular complexity index is 244. The first-order valence-corrected chi connectivity index (χ1v) is 6.43. The molecule has 0 radical (unpaired) electrons. The summed E-state index contributed by atoms with van der Waals surface area (Å²) in [6.45, 7) is 16.6. The van der Waals surface area contributed by atoms with Crippen molar-refractivity contribution in [3.05, 3.63) is 0 Å². The van der Waals surface area contributed by atoms with Crippen LogP contribution in [0, 0.1) is 5.41 Å². The normalized spacial score (nSPS) is 34.1.